The zero-order valence-corrected chi connectivity index (χ0v) is 15.8. The molecule has 1 aliphatic rings. The monoisotopic (exact) mass is 379 g/mol. The highest BCUT2D eigenvalue weighted by atomic mass is 32.2. The number of hydrogen-bond donors (Lipinski definition) is 4. The van der Waals surface area contributed by atoms with Crippen LogP contribution in [-0.4, -0.2) is 93.6 Å². The van der Waals surface area contributed by atoms with Crippen molar-refractivity contribution in [2.75, 3.05) is 53.4 Å². The molecule has 0 aromatic heterocycles. The molecule has 1 fully saturated rings. The molecule has 4 N–H and O–H groups in total. The SMILES string of the molecule is CNCCN(CCNC)S(=O)(=O)N1C[C@H](CCCB(O)O)[C@@H](N=O)C1. The van der Waals surface area contributed by atoms with Gasteiger partial charge in [-0.15, -0.1) is 0 Å². The van der Waals surface area contributed by atoms with Crippen LogP contribution < -0.4 is 10.6 Å². The van der Waals surface area contributed by atoms with E-state index in [9.17, 15) is 13.3 Å². The number of rotatable bonds is 13. The predicted octanol–water partition coefficient (Wildman–Crippen LogP) is -1.71. The molecule has 0 bridgehead atoms. The molecular weight excluding hydrogens is 349 g/mol. The molecular formula is C13H30BN5O5S. The Hall–Kier alpha value is -0.625. The van der Waals surface area contributed by atoms with Crippen molar-refractivity contribution in [3.05, 3.63) is 4.91 Å². The number of nitroso groups, excluding NO2 is 1. The molecule has 25 heavy (non-hydrogen) atoms. The van der Waals surface area contributed by atoms with Crippen molar-refractivity contribution < 1.29 is 18.5 Å². The molecule has 1 saturated heterocycles. The largest absolute Gasteiger partial charge is 0.451 e. The lowest BCUT2D eigenvalue weighted by molar-refractivity contribution is 0.351. The quantitative estimate of drug-likeness (QED) is 0.221. The van der Waals surface area contributed by atoms with Crippen LogP contribution in [0.2, 0.25) is 6.32 Å². The van der Waals surface area contributed by atoms with Crippen molar-refractivity contribution in [1.82, 2.24) is 19.2 Å². The Morgan fingerprint density at radius 3 is 2.28 bits per heavy atom. The Bertz CT molecular complexity index is 487. The van der Waals surface area contributed by atoms with Crippen LogP contribution in [0.1, 0.15) is 12.8 Å². The summed E-state index contributed by atoms with van der Waals surface area (Å²) in [7, 11) is -1.54. The van der Waals surface area contributed by atoms with Crippen LogP contribution in [0.4, 0.5) is 0 Å². The third kappa shape index (κ3) is 6.89. The molecule has 1 heterocycles. The van der Waals surface area contributed by atoms with Gasteiger partial charge in [0.15, 0.2) is 0 Å². The van der Waals surface area contributed by atoms with Gasteiger partial charge < -0.3 is 20.7 Å². The molecule has 0 radical (unpaired) electrons. The highest BCUT2D eigenvalue weighted by molar-refractivity contribution is 7.86. The van der Waals surface area contributed by atoms with Crippen LogP contribution in [0.5, 0.6) is 0 Å². The van der Waals surface area contributed by atoms with Gasteiger partial charge in [0.1, 0.15) is 6.04 Å². The lowest BCUT2D eigenvalue weighted by atomic mass is 9.82. The van der Waals surface area contributed by atoms with Gasteiger partial charge >= 0.3 is 7.12 Å². The molecule has 146 valence electrons. The second-order valence-electron chi connectivity index (χ2n) is 6.28. The second-order valence-corrected chi connectivity index (χ2v) is 8.20. The molecule has 1 rings (SSSR count). The molecule has 0 aromatic rings. The first-order chi connectivity index (χ1) is 11.9. The van der Waals surface area contributed by atoms with E-state index in [0.29, 0.717) is 39.0 Å². The summed E-state index contributed by atoms with van der Waals surface area (Å²) in [5.41, 5.74) is 0. The summed E-state index contributed by atoms with van der Waals surface area (Å²) in [6.45, 7) is 2.06. The summed E-state index contributed by atoms with van der Waals surface area (Å²) in [6.07, 6.45) is 1.24. The van der Waals surface area contributed by atoms with E-state index >= 15 is 0 Å². The number of nitrogens with zero attached hydrogens (tertiary/aromatic N) is 3. The Kier molecular flexibility index (Phi) is 10.0. The molecule has 12 heteroatoms. The molecule has 0 unspecified atom stereocenters. The Morgan fingerprint density at radius 1 is 1.20 bits per heavy atom. The first kappa shape index (κ1) is 22.4. The van der Waals surface area contributed by atoms with Gasteiger partial charge in [-0.2, -0.15) is 21.9 Å². The Balaban J connectivity index is 2.76. The van der Waals surface area contributed by atoms with E-state index in [1.165, 1.54) is 8.61 Å². The summed E-state index contributed by atoms with van der Waals surface area (Å²) in [6, 6.07) is -0.596. The lowest BCUT2D eigenvalue weighted by Gasteiger charge is -2.27. The fourth-order valence-corrected chi connectivity index (χ4v) is 4.64. The highest BCUT2D eigenvalue weighted by Crippen LogP contribution is 2.28. The maximum atomic E-state index is 12.9. The van der Waals surface area contributed by atoms with E-state index in [0.717, 1.165) is 0 Å². The molecule has 0 aliphatic carbocycles. The summed E-state index contributed by atoms with van der Waals surface area (Å²) in [5, 5.41) is 26.8. The third-order valence-electron chi connectivity index (χ3n) is 4.42. The maximum Gasteiger partial charge on any atom is 0.451 e. The first-order valence-corrected chi connectivity index (χ1v) is 9.99. The van der Waals surface area contributed by atoms with E-state index in [4.69, 9.17) is 10.0 Å². The van der Waals surface area contributed by atoms with E-state index in [1.807, 2.05) is 0 Å². The van der Waals surface area contributed by atoms with Crippen molar-refractivity contribution in [2.45, 2.75) is 25.2 Å². The first-order valence-electron chi connectivity index (χ1n) is 8.59. The Morgan fingerprint density at radius 2 is 1.80 bits per heavy atom. The fraction of sp³-hybridized carbons (Fsp3) is 1.00. The Labute approximate surface area is 150 Å². The van der Waals surface area contributed by atoms with Gasteiger partial charge in [-0.1, -0.05) is 11.6 Å². The van der Waals surface area contributed by atoms with Crippen molar-refractivity contribution in [1.29, 1.82) is 0 Å². The molecule has 2 atom stereocenters. The van der Waals surface area contributed by atoms with Crippen LogP contribution in [0.15, 0.2) is 5.18 Å². The van der Waals surface area contributed by atoms with Crippen molar-refractivity contribution in [2.24, 2.45) is 11.1 Å². The van der Waals surface area contributed by atoms with E-state index in [1.54, 1.807) is 14.1 Å². The molecule has 0 spiro atoms. The number of likely N-dealkylation sites (N-methyl/N-ethyl adjacent to an activating group) is 2. The molecule has 0 aromatic carbocycles. The van der Waals surface area contributed by atoms with Crippen LogP contribution in [0, 0.1) is 10.8 Å². The average molecular weight is 379 g/mol. The summed E-state index contributed by atoms with van der Waals surface area (Å²) < 4.78 is 28.5. The van der Waals surface area contributed by atoms with Gasteiger partial charge in [0.2, 0.25) is 0 Å². The second kappa shape index (κ2) is 11.2. The lowest BCUT2D eigenvalue weighted by Crippen LogP contribution is -2.47. The molecule has 0 amide bonds. The highest BCUT2D eigenvalue weighted by Gasteiger charge is 2.41. The minimum absolute atomic E-state index is 0.0772. The molecule has 1 aliphatic heterocycles. The van der Waals surface area contributed by atoms with Crippen LogP contribution in [0.3, 0.4) is 0 Å². The summed E-state index contributed by atoms with van der Waals surface area (Å²) >= 11 is 0. The van der Waals surface area contributed by atoms with Gasteiger partial charge in [0, 0.05) is 39.3 Å². The van der Waals surface area contributed by atoms with E-state index < -0.39 is 23.4 Å². The van der Waals surface area contributed by atoms with Crippen molar-refractivity contribution >= 4 is 17.3 Å². The van der Waals surface area contributed by atoms with Crippen molar-refractivity contribution in [3.63, 3.8) is 0 Å². The molecule has 0 saturated carbocycles. The normalized spacial score (nSPS) is 21.8. The zero-order chi connectivity index (χ0) is 18.9. The smallest absolute Gasteiger partial charge is 0.427 e. The topological polar surface area (TPSA) is 135 Å². The predicted molar refractivity (Wildman–Crippen MR) is 97.2 cm³/mol. The standard InChI is InChI=1S/C13H30BN5O5S/c1-15-6-8-18(9-7-16-2)25(23,24)19-10-12(13(11-19)17-22)4-3-5-14(20)21/h12-13,15-16,20-21H,3-11H2,1-2H3/t12-,13-/m0/s1. The number of nitrogens with one attached hydrogen (secondary N) is 2. The molecule has 10 nitrogen and oxygen atoms in total. The maximum absolute atomic E-state index is 12.9. The van der Waals surface area contributed by atoms with E-state index in [2.05, 4.69) is 15.8 Å². The van der Waals surface area contributed by atoms with E-state index in [-0.39, 0.29) is 25.3 Å². The minimum atomic E-state index is -3.67. The number of hydrogen-bond acceptors (Lipinski definition) is 8. The van der Waals surface area contributed by atoms with Gasteiger partial charge in [-0.3, -0.25) is 0 Å². The van der Waals surface area contributed by atoms with Crippen LogP contribution in [0.25, 0.3) is 0 Å². The third-order valence-corrected chi connectivity index (χ3v) is 6.39. The van der Waals surface area contributed by atoms with Crippen LogP contribution in [-0.2, 0) is 10.2 Å². The minimum Gasteiger partial charge on any atom is -0.427 e. The average Bonchev–Trinajstić information content (AvgIpc) is 2.98. The zero-order valence-electron chi connectivity index (χ0n) is 15.0. The van der Waals surface area contributed by atoms with Crippen LogP contribution >= 0.6 is 0 Å². The van der Waals surface area contributed by atoms with Gasteiger partial charge in [0.05, 0.1) is 0 Å². The summed E-state index contributed by atoms with van der Waals surface area (Å²) in [5.74, 6) is -0.193. The van der Waals surface area contributed by atoms with Gasteiger partial charge in [-0.05, 0) is 32.8 Å². The van der Waals surface area contributed by atoms with Crippen molar-refractivity contribution in [3.8, 4) is 0 Å². The summed E-state index contributed by atoms with van der Waals surface area (Å²) in [4.78, 5) is 11.1. The fourth-order valence-electron chi connectivity index (χ4n) is 2.95. The van der Waals surface area contributed by atoms with Gasteiger partial charge in [0.25, 0.3) is 10.2 Å². The van der Waals surface area contributed by atoms with Gasteiger partial charge in [-0.25, -0.2) is 0 Å².